The van der Waals surface area contributed by atoms with Gasteiger partial charge < -0.3 is 0 Å². The van der Waals surface area contributed by atoms with Gasteiger partial charge in [-0.2, -0.15) is 0 Å². The monoisotopic (exact) mass is 698 g/mol. The molecular formula is I5Zn. The van der Waals surface area contributed by atoms with Crippen LogP contribution < -0.4 is 0 Å². The molecule has 0 saturated carbocycles. The summed E-state index contributed by atoms with van der Waals surface area (Å²) < 4.78 is -1.98. The van der Waals surface area contributed by atoms with Crippen LogP contribution in [0.4, 0.5) is 0 Å². The molecule has 0 atom stereocenters. The molecule has 0 heterocycles. The molecule has 0 nitrogen and oxygen atoms in total. The Hall–Kier alpha value is 4.27. The molecule has 0 rings (SSSR count). The van der Waals surface area contributed by atoms with Crippen molar-refractivity contribution in [2.45, 2.75) is 0 Å². The molecule has 0 aromatic carbocycles. The van der Waals surface area contributed by atoms with Gasteiger partial charge in [0.2, 0.25) is 0 Å². The van der Waals surface area contributed by atoms with E-state index in [1.165, 1.54) is 0 Å². The third kappa shape index (κ3) is 24.0. The third-order valence-electron chi connectivity index (χ3n) is 0. The topological polar surface area (TPSA) is 0 Å². The van der Waals surface area contributed by atoms with Crippen LogP contribution in [-0.4, -0.2) is 0 Å². The van der Waals surface area contributed by atoms with Crippen LogP contribution in [0.25, 0.3) is 0 Å². The van der Waals surface area contributed by atoms with Crippen molar-refractivity contribution in [1.82, 2.24) is 0 Å². The van der Waals surface area contributed by atoms with Crippen molar-refractivity contribution in [1.29, 1.82) is 0 Å². The fourth-order valence-corrected chi connectivity index (χ4v) is 0. The van der Waals surface area contributed by atoms with Crippen LogP contribution in [0.5, 0.6) is 0 Å². The van der Waals surface area contributed by atoms with Crippen molar-refractivity contribution in [2.75, 3.05) is 0 Å². The van der Waals surface area contributed by atoms with Gasteiger partial charge in [-0.15, -0.1) is 0 Å². The quantitative estimate of drug-likeness (QED) is 0.260. The Morgan fingerprint density at radius 2 is 0.667 bits per heavy atom. The molecule has 0 aromatic rings. The van der Waals surface area contributed by atoms with Crippen LogP contribution in [0, 0.1) is 0 Å². The van der Waals surface area contributed by atoms with Crippen LogP contribution in [-0.2, 0) is -3.97 Å². The molecule has 0 bridgehead atoms. The summed E-state index contributed by atoms with van der Waals surface area (Å²) in [6.07, 6.45) is 0. The van der Waals surface area contributed by atoms with Crippen molar-refractivity contribution in [2.24, 2.45) is 0 Å². The summed E-state index contributed by atoms with van der Waals surface area (Å²) in [5.41, 5.74) is 0. The van der Waals surface area contributed by atoms with Crippen LogP contribution >= 0.6 is 98.8 Å². The molecule has 0 amide bonds. The van der Waals surface area contributed by atoms with E-state index < -0.39 is -3.97 Å². The van der Waals surface area contributed by atoms with E-state index in [1.807, 2.05) is 0 Å². The number of hydrogen-bond donors (Lipinski definition) is 0. The zero-order valence-electron chi connectivity index (χ0n) is 2.60. The Kier molecular flexibility index (Phi) is 5.33. The fourth-order valence-electron chi connectivity index (χ4n) is 0. The minimum absolute atomic E-state index is 1.98. The molecule has 0 spiro atoms. The standard InChI is InChI=1S/5HI.Zn/h5*1H;/q;;;;;+5/p-5. The Morgan fingerprint density at radius 1 is 0.667 bits per heavy atom. The molecule has 0 aliphatic rings. The fraction of sp³-hybridized carbons (Fsp3) is 0. The van der Waals surface area contributed by atoms with Gasteiger partial charge in [0.1, 0.15) is 0 Å². The first-order valence-electron chi connectivity index (χ1n) is 1.34. The molecule has 6 heteroatoms. The van der Waals surface area contributed by atoms with Crippen LogP contribution in [0.15, 0.2) is 0 Å². The second kappa shape index (κ2) is 3.12. The van der Waals surface area contributed by atoms with E-state index in [0.717, 1.165) is 0 Å². The van der Waals surface area contributed by atoms with Crippen LogP contribution in [0.3, 0.4) is 0 Å². The molecule has 0 aliphatic carbocycles. The van der Waals surface area contributed by atoms with Gasteiger partial charge in [0.25, 0.3) is 0 Å². The van der Waals surface area contributed by atoms with Gasteiger partial charge in [0.15, 0.2) is 0 Å². The molecule has 0 aliphatic heterocycles. The average Bonchev–Trinajstić information content (AvgIpc) is 0.650. The van der Waals surface area contributed by atoms with Crippen LogP contribution in [0.1, 0.15) is 0 Å². The summed E-state index contributed by atoms with van der Waals surface area (Å²) in [4.78, 5) is 0. The zero-order chi connectivity index (χ0) is 5.45. The van der Waals surface area contributed by atoms with Crippen molar-refractivity contribution < 1.29 is -3.97 Å². The first kappa shape index (κ1) is 10.3. The summed E-state index contributed by atoms with van der Waals surface area (Å²) in [7, 11) is 0. The average molecular weight is 700 g/mol. The molecule has 0 fully saturated rings. The summed E-state index contributed by atoms with van der Waals surface area (Å²) in [6, 6.07) is 0. The second-order valence-electron chi connectivity index (χ2n) is 1.01. The van der Waals surface area contributed by atoms with E-state index in [0.29, 0.717) is 0 Å². The number of hydrogen-bond acceptors (Lipinski definition) is 0. The van der Waals surface area contributed by atoms with Crippen molar-refractivity contribution in [3.8, 4) is 0 Å². The number of halogens is 5. The van der Waals surface area contributed by atoms with Gasteiger partial charge in [-0.3, -0.25) is 0 Å². The van der Waals surface area contributed by atoms with E-state index in [4.69, 9.17) is 0 Å². The van der Waals surface area contributed by atoms with Gasteiger partial charge in [0, 0.05) is 0 Å². The van der Waals surface area contributed by atoms with Gasteiger partial charge in [0.05, 0.1) is 0 Å². The molecule has 0 radical (unpaired) electrons. The molecule has 0 saturated heterocycles. The van der Waals surface area contributed by atoms with E-state index >= 15 is 0 Å². The van der Waals surface area contributed by atoms with Crippen molar-refractivity contribution in [3.63, 3.8) is 0 Å². The van der Waals surface area contributed by atoms with E-state index in [1.54, 1.807) is 0 Å². The predicted molar refractivity (Wildman–Crippen MR) is 70.1 cm³/mol. The van der Waals surface area contributed by atoms with Crippen LogP contribution in [0.2, 0.25) is 0 Å². The Bertz CT molecular complexity index is 37.1. The maximum atomic E-state index is 2.58. The van der Waals surface area contributed by atoms with Gasteiger partial charge in [-0.25, -0.2) is 0 Å². The van der Waals surface area contributed by atoms with E-state index in [-0.39, 0.29) is 0 Å². The summed E-state index contributed by atoms with van der Waals surface area (Å²) in [6.45, 7) is 0. The normalized spacial score (nSPS) is 15.0. The van der Waals surface area contributed by atoms with Gasteiger partial charge in [-0.05, 0) is 0 Å². The molecule has 0 aromatic heterocycles. The molecular weight excluding hydrogens is 700 g/mol. The van der Waals surface area contributed by atoms with E-state index in [2.05, 4.69) is 98.8 Å². The van der Waals surface area contributed by atoms with Gasteiger partial charge in [-0.1, -0.05) is 0 Å². The summed E-state index contributed by atoms with van der Waals surface area (Å²) in [5, 5.41) is 0. The maximum absolute atomic E-state index is 2.58. The summed E-state index contributed by atoms with van der Waals surface area (Å²) in [5.74, 6) is 0. The Labute approximate surface area is 91.4 Å². The first-order valence-corrected chi connectivity index (χ1v) is 46.6. The molecule has 0 unspecified atom stereocenters. The molecule has 37 valence electrons. The number of rotatable bonds is 0. The molecule has 0 N–H and O–H groups in total. The molecule has 6 heavy (non-hydrogen) atoms. The van der Waals surface area contributed by atoms with Crippen molar-refractivity contribution >= 4 is 98.8 Å². The second-order valence-corrected chi connectivity index (χ2v) is 236. The van der Waals surface area contributed by atoms with E-state index in [9.17, 15) is 0 Å². The van der Waals surface area contributed by atoms with Crippen molar-refractivity contribution in [3.05, 3.63) is 0 Å². The minimum atomic E-state index is -1.98. The predicted octanol–water partition coefficient (Wildman–Crippen LogP) is 4.43. The Balaban J connectivity index is 3.73. The third-order valence-corrected chi connectivity index (χ3v) is 0. The summed E-state index contributed by atoms with van der Waals surface area (Å²) >= 11 is 12.9. The zero-order valence-corrected chi connectivity index (χ0v) is 16.4. The SMILES string of the molecule is [I][Zn]([I])([I])([I])[I]. The first-order chi connectivity index (χ1) is 2.24. The van der Waals surface area contributed by atoms with Gasteiger partial charge >= 0.3 is 94.8 Å². The Morgan fingerprint density at radius 3 is 0.667 bits per heavy atom.